The molecular weight excluding hydrogens is 320 g/mol. The Morgan fingerprint density at radius 1 is 1.32 bits per heavy atom. The first-order valence-corrected chi connectivity index (χ1v) is 8.17. The van der Waals surface area contributed by atoms with Crippen LogP contribution in [0.5, 0.6) is 0 Å². The Morgan fingerprint density at radius 2 is 2.16 bits per heavy atom. The van der Waals surface area contributed by atoms with Gasteiger partial charge < -0.3 is 15.2 Å². The Bertz CT molecular complexity index is 868. The molecule has 2 N–H and O–H groups in total. The van der Waals surface area contributed by atoms with Gasteiger partial charge in [0, 0.05) is 25.8 Å². The Labute approximate surface area is 145 Å². The highest BCUT2D eigenvalue weighted by molar-refractivity contribution is 5.86. The number of aromatic amines is 1. The summed E-state index contributed by atoms with van der Waals surface area (Å²) in [4.78, 5) is 29.3. The van der Waals surface area contributed by atoms with Crippen LogP contribution < -0.4 is 10.2 Å². The number of carbonyl (C=O) groups excluding carboxylic acids is 1. The fraction of sp³-hybridized carbons (Fsp3) is 0.438. The fourth-order valence-corrected chi connectivity index (χ4v) is 2.75. The number of hydrogen-bond donors (Lipinski definition) is 2. The first-order chi connectivity index (χ1) is 12.0. The second-order valence-electron chi connectivity index (χ2n) is 6.01. The number of carbonyl (C=O) groups is 1. The number of hydrogen-bond acceptors (Lipinski definition) is 6. The van der Waals surface area contributed by atoms with E-state index in [1.165, 1.54) is 6.33 Å². The number of H-pyrrole nitrogens is 1. The van der Waals surface area contributed by atoms with Gasteiger partial charge in [-0.15, -0.1) is 0 Å². The third-order valence-electron chi connectivity index (χ3n) is 3.92. The van der Waals surface area contributed by atoms with Gasteiger partial charge in [-0.05, 0) is 26.3 Å². The van der Waals surface area contributed by atoms with Gasteiger partial charge in [0.05, 0.1) is 18.6 Å². The molecule has 0 unspecified atom stereocenters. The molecule has 3 aromatic heterocycles. The number of fused-ring (bicyclic) bond motifs is 1. The van der Waals surface area contributed by atoms with Gasteiger partial charge in [-0.1, -0.05) is 0 Å². The fourth-order valence-electron chi connectivity index (χ4n) is 2.75. The third kappa shape index (κ3) is 3.93. The summed E-state index contributed by atoms with van der Waals surface area (Å²) >= 11 is 0. The number of nitrogens with one attached hydrogen (secondary N) is 2. The Morgan fingerprint density at radius 3 is 2.92 bits per heavy atom. The molecule has 132 valence electrons. The van der Waals surface area contributed by atoms with Crippen LogP contribution in [0.15, 0.2) is 18.7 Å². The quantitative estimate of drug-likeness (QED) is 0.616. The van der Waals surface area contributed by atoms with Crippen LogP contribution in [0, 0.1) is 13.8 Å². The lowest BCUT2D eigenvalue weighted by Crippen LogP contribution is -2.36. The van der Waals surface area contributed by atoms with Crippen molar-refractivity contribution in [1.29, 1.82) is 0 Å². The molecule has 9 heteroatoms. The van der Waals surface area contributed by atoms with E-state index in [0.29, 0.717) is 18.0 Å². The minimum Gasteiger partial charge on any atom is -0.354 e. The van der Waals surface area contributed by atoms with E-state index in [1.807, 2.05) is 31.6 Å². The number of anilines is 1. The topological polar surface area (TPSA) is 105 Å². The molecule has 0 atom stereocenters. The molecule has 0 radical (unpaired) electrons. The lowest BCUT2D eigenvalue weighted by Gasteiger charge is -2.17. The summed E-state index contributed by atoms with van der Waals surface area (Å²) < 4.78 is 1.96. The van der Waals surface area contributed by atoms with Crippen LogP contribution >= 0.6 is 0 Å². The van der Waals surface area contributed by atoms with Crippen LogP contribution in [-0.2, 0) is 11.3 Å². The highest BCUT2D eigenvalue weighted by Gasteiger charge is 2.13. The van der Waals surface area contributed by atoms with E-state index in [9.17, 15) is 4.79 Å². The number of aryl methyl sites for hydroxylation is 3. The average Bonchev–Trinajstić information content (AvgIpc) is 3.17. The van der Waals surface area contributed by atoms with Crippen molar-refractivity contribution in [2.45, 2.75) is 26.8 Å². The van der Waals surface area contributed by atoms with Crippen molar-refractivity contribution in [3.8, 4) is 0 Å². The summed E-state index contributed by atoms with van der Waals surface area (Å²) in [6.45, 7) is 5.62. The molecule has 1 amide bonds. The summed E-state index contributed by atoms with van der Waals surface area (Å²) in [6, 6.07) is 2.05. The Kier molecular flexibility index (Phi) is 4.92. The molecule has 0 saturated carbocycles. The van der Waals surface area contributed by atoms with Crippen molar-refractivity contribution >= 4 is 22.9 Å². The maximum Gasteiger partial charge on any atom is 0.239 e. The van der Waals surface area contributed by atoms with Crippen molar-refractivity contribution in [2.24, 2.45) is 0 Å². The van der Waals surface area contributed by atoms with Gasteiger partial charge in [0.15, 0.2) is 11.5 Å². The van der Waals surface area contributed by atoms with Crippen LogP contribution in [0.3, 0.4) is 0 Å². The molecular formula is C16H22N8O. The highest BCUT2D eigenvalue weighted by Crippen LogP contribution is 2.17. The number of amides is 1. The van der Waals surface area contributed by atoms with Gasteiger partial charge in [0.1, 0.15) is 11.8 Å². The van der Waals surface area contributed by atoms with Crippen molar-refractivity contribution in [2.75, 3.05) is 25.0 Å². The van der Waals surface area contributed by atoms with E-state index >= 15 is 0 Å². The number of rotatable bonds is 7. The molecule has 0 aliphatic rings. The number of likely N-dealkylation sites (N-methyl/N-ethyl adjacent to an activating group) is 1. The van der Waals surface area contributed by atoms with E-state index in [-0.39, 0.29) is 12.5 Å². The van der Waals surface area contributed by atoms with Crippen LogP contribution in [0.1, 0.15) is 17.8 Å². The molecule has 9 nitrogen and oxygen atoms in total. The van der Waals surface area contributed by atoms with E-state index in [0.717, 1.165) is 29.9 Å². The van der Waals surface area contributed by atoms with Crippen molar-refractivity contribution in [3.63, 3.8) is 0 Å². The van der Waals surface area contributed by atoms with Crippen molar-refractivity contribution < 1.29 is 4.79 Å². The zero-order valence-corrected chi connectivity index (χ0v) is 14.7. The van der Waals surface area contributed by atoms with E-state index in [1.54, 1.807) is 11.2 Å². The van der Waals surface area contributed by atoms with Crippen LogP contribution in [-0.4, -0.2) is 55.8 Å². The molecule has 3 aromatic rings. The van der Waals surface area contributed by atoms with E-state index in [4.69, 9.17) is 0 Å². The molecule has 0 spiro atoms. The standard InChI is InChI=1S/C16H22N8O/c1-11-7-12(2)24(22-11)6-4-5-17-13(25)8-23(3)16-14-15(19-9-18-14)20-10-21-16/h7,9-10H,4-6,8H2,1-3H3,(H,17,25)(H,18,19,20,21). The summed E-state index contributed by atoms with van der Waals surface area (Å²) in [5.41, 5.74) is 3.46. The van der Waals surface area contributed by atoms with Gasteiger partial charge in [-0.3, -0.25) is 9.48 Å². The lowest BCUT2D eigenvalue weighted by atomic mass is 10.3. The van der Waals surface area contributed by atoms with Crippen LogP contribution in [0.4, 0.5) is 5.82 Å². The normalized spacial score (nSPS) is 11.0. The molecule has 0 bridgehead atoms. The molecule has 0 aliphatic carbocycles. The zero-order valence-electron chi connectivity index (χ0n) is 14.7. The predicted octanol–water partition coefficient (Wildman–Crippen LogP) is 0.809. The SMILES string of the molecule is Cc1cc(C)n(CCCNC(=O)CN(C)c2ncnc3nc[nH]c23)n1. The van der Waals surface area contributed by atoms with E-state index < -0.39 is 0 Å². The number of aromatic nitrogens is 6. The number of nitrogens with zero attached hydrogens (tertiary/aromatic N) is 6. The first kappa shape index (κ1) is 16.9. The summed E-state index contributed by atoms with van der Waals surface area (Å²) in [6.07, 6.45) is 3.84. The van der Waals surface area contributed by atoms with Gasteiger partial charge >= 0.3 is 0 Å². The summed E-state index contributed by atoms with van der Waals surface area (Å²) in [5.74, 6) is 0.599. The van der Waals surface area contributed by atoms with Crippen LogP contribution in [0.2, 0.25) is 0 Å². The molecule has 0 saturated heterocycles. The maximum atomic E-state index is 12.1. The minimum atomic E-state index is -0.0536. The largest absolute Gasteiger partial charge is 0.354 e. The summed E-state index contributed by atoms with van der Waals surface area (Å²) in [7, 11) is 1.82. The maximum absolute atomic E-state index is 12.1. The van der Waals surface area contributed by atoms with Gasteiger partial charge in [0.25, 0.3) is 0 Å². The Hall–Kier alpha value is -2.97. The van der Waals surface area contributed by atoms with Crippen molar-refractivity contribution in [1.82, 2.24) is 35.0 Å². The van der Waals surface area contributed by atoms with Gasteiger partial charge in [-0.25, -0.2) is 15.0 Å². The second-order valence-corrected chi connectivity index (χ2v) is 6.01. The third-order valence-corrected chi connectivity index (χ3v) is 3.92. The first-order valence-electron chi connectivity index (χ1n) is 8.17. The smallest absolute Gasteiger partial charge is 0.239 e. The molecule has 0 aliphatic heterocycles. The molecule has 25 heavy (non-hydrogen) atoms. The lowest BCUT2D eigenvalue weighted by molar-refractivity contribution is -0.119. The highest BCUT2D eigenvalue weighted by atomic mass is 16.2. The van der Waals surface area contributed by atoms with E-state index in [2.05, 4.69) is 30.4 Å². The minimum absolute atomic E-state index is 0.0536. The average molecular weight is 342 g/mol. The van der Waals surface area contributed by atoms with Gasteiger partial charge in [0.2, 0.25) is 5.91 Å². The summed E-state index contributed by atoms with van der Waals surface area (Å²) in [5, 5.41) is 7.34. The monoisotopic (exact) mass is 342 g/mol. The van der Waals surface area contributed by atoms with Crippen molar-refractivity contribution in [3.05, 3.63) is 30.1 Å². The molecule has 3 heterocycles. The Balaban J connectivity index is 1.47. The molecule has 3 rings (SSSR count). The van der Waals surface area contributed by atoms with Gasteiger partial charge in [-0.2, -0.15) is 5.10 Å². The zero-order chi connectivity index (χ0) is 17.8. The predicted molar refractivity (Wildman–Crippen MR) is 94.3 cm³/mol. The second kappa shape index (κ2) is 7.29. The molecule has 0 fully saturated rings. The number of imidazole rings is 1. The van der Waals surface area contributed by atoms with Crippen LogP contribution in [0.25, 0.3) is 11.2 Å². The molecule has 0 aromatic carbocycles.